The van der Waals surface area contributed by atoms with Crippen molar-refractivity contribution in [3.8, 4) is 5.75 Å². The fourth-order valence-corrected chi connectivity index (χ4v) is 3.16. The van der Waals surface area contributed by atoms with Crippen molar-refractivity contribution < 1.29 is 13.2 Å². The zero-order chi connectivity index (χ0) is 16.0. The number of rotatable bonds is 7. The van der Waals surface area contributed by atoms with Crippen molar-refractivity contribution in [3.63, 3.8) is 0 Å². The van der Waals surface area contributed by atoms with Crippen LogP contribution < -0.4 is 14.8 Å². The number of hydrogen-bond acceptors (Lipinski definition) is 4. The van der Waals surface area contributed by atoms with Crippen molar-refractivity contribution in [1.29, 1.82) is 0 Å². The van der Waals surface area contributed by atoms with Gasteiger partial charge in [0, 0.05) is 11.4 Å². The maximum atomic E-state index is 11.7. The van der Waals surface area contributed by atoms with E-state index >= 15 is 0 Å². The van der Waals surface area contributed by atoms with Gasteiger partial charge in [-0.2, -0.15) is 0 Å². The number of para-hydroxylation sites is 2. The first kappa shape index (κ1) is 16.2. The van der Waals surface area contributed by atoms with Crippen LogP contribution in [0.15, 0.2) is 48.5 Å². The molecule has 0 fully saturated rings. The fourth-order valence-electron chi connectivity index (χ4n) is 2.02. The zero-order valence-electron chi connectivity index (χ0n) is 12.7. The molecule has 0 saturated heterocycles. The molecule has 0 aliphatic heterocycles. The molecule has 0 radical (unpaired) electrons. The molecule has 22 heavy (non-hydrogen) atoms. The van der Waals surface area contributed by atoms with Gasteiger partial charge in [-0.3, -0.25) is 4.72 Å². The summed E-state index contributed by atoms with van der Waals surface area (Å²) in [6.07, 6.45) is 0.586. The molecule has 2 aromatic rings. The molecule has 0 amide bonds. The SMILES string of the molecule is CCCS(=O)(=O)Nc1ccc(Nc2ccccc2OC)cc1. The first-order chi connectivity index (χ1) is 10.5. The van der Waals surface area contributed by atoms with Crippen LogP contribution in [0, 0.1) is 0 Å². The van der Waals surface area contributed by atoms with E-state index in [1.165, 1.54) is 0 Å². The lowest BCUT2D eigenvalue weighted by Crippen LogP contribution is -2.15. The third kappa shape index (κ3) is 4.39. The van der Waals surface area contributed by atoms with Gasteiger partial charge in [0.25, 0.3) is 0 Å². The number of hydrogen-bond donors (Lipinski definition) is 2. The highest BCUT2D eigenvalue weighted by Gasteiger charge is 2.08. The van der Waals surface area contributed by atoms with Crippen LogP contribution >= 0.6 is 0 Å². The van der Waals surface area contributed by atoms with Crippen molar-refractivity contribution in [2.45, 2.75) is 13.3 Å². The molecule has 6 heteroatoms. The van der Waals surface area contributed by atoms with Crippen molar-refractivity contribution in [3.05, 3.63) is 48.5 Å². The second kappa shape index (κ2) is 7.17. The first-order valence-electron chi connectivity index (χ1n) is 7.04. The highest BCUT2D eigenvalue weighted by molar-refractivity contribution is 7.92. The van der Waals surface area contributed by atoms with Gasteiger partial charge in [0.1, 0.15) is 5.75 Å². The van der Waals surface area contributed by atoms with E-state index in [0.29, 0.717) is 12.1 Å². The Morgan fingerprint density at radius 1 is 1.00 bits per heavy atom. The maximum Gasteiger partial charge on any atom is 0.232 e. The number of methoxy groups -OCH3 is 1. The zero-order valence-corrected chi connectivity index (χ0v) is 13.5. The number of benzene rings is 2. The number of sulfonamides is 1. The third-order valence-electron chi connectivity index (χ3n) is 3.02. The lowest BCUT2D eigenvalue weighted by atomic mass is 10.2. The van der Waals surface area contributed by atoms with E-state index in [9.17, 15) is 8.42 Å². The third-order valence-corrected chi connectivity index (χ3v) is 4.51. The highest BCUT2D eigenvalue weighted by atomic mass is 32.2. The highest BCUT2D eigenvalue weighted by Crippen LogP contribution is 2.27. The van der Waals surface area contributed by atoms with E-state index < -0.39 is 10.0 Å². The normalized spacial score (nSPS) is 11.0. The second-order valence-electron chi connectivity index (χ2n) is 4.82. The van der Waals surface area contributed by atoms with Gasteiger partial charge in [0.05, 0.1) is 18.6 Å². The standard InChI is InChI=1S/C16H20N2O3S/c1-3-12-22(19,20)18-14-10-8-13(9-11-14)17-15-6-4-5-7-16(15)21-2/h4-11,17-18H,3,12H2,1-2H3. The molecule has 2 rings (SSSR count). The number of ether oxygens (including phenoxy) is 1. The fraction of sp³-hybridized carbons (Fsp3) is 0.250. The average Bonchev–Trinajstić information content (AvgIpc) is 2.49. The summed E-state index contributed by atoms with van der Waals surface area (Å²) >= 11 is 0. The van der Waals surface area contributed by atoms with Crippen LogP contribution in [-0.2, 0) is 10.0 Å². The van der Waals surface area contributed by atoms with Gasteiger partial charge < -0.3 is 10.1 Å². The molecule has 0 bridgehead atoms. The van der Waals surface area contributed by atoms with Gasteiger partial charge in [-0.1, -0.05) is 19.1 Å². The lowest BCUT2D eigenvalue weighted by molar-refractivity contribution is 0.417. The van der Waals surface area contributed by atoms with Gasteiger partial charge in [-0.05, 0) is 42.8 Å². The van der Waals surface area contributed by atoms with Gasteiger partial charge in [0.2, 0.25) is 10.0 Å². The van der Waals surface area contributed by atoms with Gasteiger partial charge >= 0.3 is 0 Å². The summed E-state index contributed by atoms with van der Waals surface area (Å²) in [5, 5.41) is 3.24. The van der Waals surface area contributed by atoms with Gasteiger partial charge in [0.15, 0.2) is 0 Å². The molecule has 0 saturated carbocycles. The van der Waals surface area contributed by atoms with E-state index in [0.717, 1.165) is 17.1 Å². The summed E-state index contributed by atoms with van der Waals surface area (Å²) in [6, 6.07) is 14.7. The summed E-state index contributed by atoms with van der Waals surface area (Å²) in [4.78, 5) is 0. The van der Waals surface area contributed by atoms with E-state index in [-0.39, 0.29) is 5.75 Å². The molecule has 0 unspecified atom stereocenters. The van der Waals surface area contributed by atoms with E-state index in [1.54, 1.807) is 19.2 Å². The Balaban J connectivity index is 2.09. The van der Waals surface area contributed by atoms with Crippen molar-refractivity contribution in [1.82, 2.24) is 0 Å². The minimum absolute atomic E-state index is 0.119. The van der Waals surface area contributed by atoms with Crippen LogP contribution in [0.5, 0.6) is 5.75 Å². The summed E-state index contributed by atoms with van der Waals surface area (Å²) in [6.45, 7) is 1.83. The predicted octanol–water partition coefficient (Wildman–Crippen LogP) is 3.59. The minimum atomic E-state index is -3.26. The number of anilines is 3. The lowest BCUT2D eigenvalue weighted by Gasteiger charge is -2.12. The van der Waals surface area contributed by atoms with Crippen molar-refractivity contribution >= 4 is 27.1 Å². The van der Waals surface area contributed by atoms with Crippen LogP contribution in [0.25, 0.3) is 0 Å². The van der Waals surface area contributed by atoms with Crippen LogP contribution in [0.3, 0.4) is 0 Å². The summed E-state index contributed by atoms with van der Waals surface area (Å²) < 4.78 is 31.3. The maximum absolute atomic E-state index is 11.7. The summed E-state index contributed by atoms with van der Waals surface area (Å²) in [5.74, 6) is 0.865. The number of nitrogens with one attached hydrogen (secondary N) is 2. The smallest absolute Gasteiger partial charge is 0.232 e. The molecule has 0 heterocycles. The molecular weight excluding hydrogens is 300 g/mol. The van der Waals surface area contributed by atoms with Crippen LogP contribution in [-0.4, -0.2) is 21.3 Å². The molecule has 0 atom stereocenters. The molecule has 2 N–H and O–H groups in total. The molecule has 2 aromatic carbocycles. The molecule has 0 spiro atoms. The molecule has 0 aliphatic carbocycles. The van der Waals surface area contributed by atoms with Crippen LogP contribution in [0.4, 0.5) is 17.1 Å². The second-order valence-corrected chi connectivity index (χ2v) is 6.67. The minimum Gasteiger partial charge on any atom is -0.495 e. The van der Waals surface area contributed by atoms with Gasteiger partial charge in [-0.15, -0.1) is 0 Å². The Bertz CT molecular complexity index is 712. The summed E-state index contributed by atoms with van der Waals surface area (Å²) in [5.41, 5.74) is 2.26. The summed E-state index contributed by atoms with van der Waals surface area (Å²) in [7, 11) is -1.64. The van der Waals surface area contributed by atoms with Crippen molar-refractivity contribution in [2.75, 3.05) is 22.9 Å². The predicted molar refractivity (Wildman–Crippen MR) is 90.4 cm³/mol. The Morgan fingerprint density at radius 3 is 2.27 bits per heavy atom. The monoisotopic (exact) mass is 320 g/mol. The molecule has 5 nitrogen and oxygen atoms in total. The topological polar surface area (TPSA) is 67.4 Å². The van der Waals surface area contributed by atoms with Gasteiger partial charge in [-0.25, -0.2) is 8.42 Å². The van der Waals surface area contributed by atoms with E-state index in [2.05, 4.69) is 10.0 Å². The average molecular weight is 320 g/mol. The van der Waals surface area contributed by atoms with Crippen LogP contribution in [0.1, 0.15) is 13.3 Å². The largest absolute Gasteiger partial charge is 0.495 e. The van der Waals surface area contributed by atoms with E-state index in [4.69, 9.17) is 4.74 Å². The van der Waals surface area contributed by atoms with Crippen molar-refractivity contribution in [2.24, 2.45) is 0 Å². The Hall–Kier alpha value is -2.21. The molecule has 118 valence electrons. The molecule has 0 aliphatic rings. The molecule has 0 aromatic heterocycles. The van der Waals surface area contributed by atoms with E-state index in [1.807, 2.05) is 43.3 Å². The Labute approximate surface area is 131 Å². The van der Waals surface area contributed by atoms with Crippen LogP contribution in [0.2, 0.25) is 0 Å². The Kier molecular flexibility index (Phi) is 5.27. The molecular formula is C16H20N2O3S. The Morgan fingerprint density at radius 2 is 1.64 bits per heavy atom. The quantitative estimate of drug-likeness (QED) is 0.818. The first-order valence-corrected chi connectivity index (χ1v) is 8.70.